The number of hydrogen-bond acceptors (Lipinski definition) is 15. The molecule has 1 saturated carbocycles. The summed E-state index contributed by atoms with van der Waals surface area (Å²) in [5.41, 5.74) is 11.8. The SMILES string of the molecule is COc1cc(NS(=O)(=O)CCOCCOCCOCCN2C=C(CCCN(C)CCCNc3nc(CN(C)C4CCC(C(C)(C)C)CC4)nc4ccccc34)[NH2+]N2)ccc1Nc1c2ccccc2nc2ccccc12. The summed E-state index contributed by atoms with van der Waals surface area (Å²) in [7, 11) is 2.31. The molecule has 18 heteroatoms. The molecule has 2 aromatic heterocycles. The first-order valence-electron chi connectivity index (χ1n) is 26.7. The van der Waals surface area contributed by atoms with Gasteiger partial charge in [-0.25, -0.2) is 28.8 Å². The van der Waals surface area contributed by atoms with Gasteiger partial charge in [-0.2, -0.15) is 0 Å². The number of allylic oxidation sites excluding steroid dienone is 1. The average molecular weight is 1050 g/mol. The number of anilines is 4. The van der Waals surface area contributed by atoms with E-state index in [0.29, 0.717) is 61.6 Å². The molecule has 2 aliphatic rings. The minimum Gasteiger partial charge on any atom is -0.494 e. The molecule has 0 atom stereocenters. The summed E-state index contributed by atoms with van der Waals surface area (Å²) < 4.78 is 51.2. The third kappa shape index (κ3) is 16.2. The molecule has 0 unspecified atom stereocenters. The van der Waals surface area contributed by atoms with Gasteiger partial charge in [0.05, 0.1) is 105 Å². The second-order valence-corrected chi connectivity index (χ2v) is 22.8. The number of quaternary nitrogens is 1. The summed E-state index contributed by atoms with van der Waals surface area (Å²) in [5, 5.41) is 12.2. The number of sulfonamides is 1. The number of nitrogens with two attached hydrogens (primary N) is 1. The molecule has 17 nitrogen and oxygen atoms in total. The Bertz CT molecular complexity index is 2870. The number of fused-ring (bicyclic) bond motifs is 3. The second kappa shape index (κ2) is 26.9. The van der Waals surface area contributed by atoms with Crippen molar-refractivity contribution in [2.24, 2.45) is 11.3 Å². The van der Waals surface area contributed by atoms with Crippen LogP contribution in [0.1, 0.15) is 71.5 Å². The van der Waals surface area contributed by atoms with Gasteiger partial charge in [0, 0.05) is 41.2 Å². The fraction of sp³-hybridized carbons (Fsp3) is 0.491. The molecule has 0 saturated heterocycles. The Labute approximate surface area is 444 Å². The molecule has 75 heavy (non-hydrogen) atoms. The van der Waals surface area contributed by atoms with E-state index in [2.05, 4.69) is 106 Å². The molecular formula is C57H80N11O6S+. The Balaban J connectivity index is 0.645. The quantitative estimate of drug-likeness (QED) is 0.0172. The van der Waals surface area contributed by atoms with Gasteiger partial charge in [0.25, 0.3) is 0 Å². The van der Waals surface area contributed by atoms with E-state index in [1.54, 1.807) is 25.3 Å². The number of pyridine rings is 1. The fourth-order valence-electron chi connectivity index (χ4n) is 10.1. The highest BCUT2D eigenvalue weighted by molar-refractivity contribution is 7.92. The summed E-state index contributed by atoms with van der Waals surface area (Å²) in [4.78, 5) is 19.7. The first-order chi connectivity index (χ1) is 36.3. The molecule has 404 valence electrons. The van der Waals surface area contributed by atoms with Crippen molar-refractivity contribution in [3.63, 3.8) is 0 Å². The van der Waals surface area contributed by atoms with Gasteiger partial charge in [-0.05, 0) is 113 Å². The maximum Gasteiger partial charge on any atom is 0.235 e. The standard InChI is InChI=1S/C57H79N11O6S/c1-57(2,3)42-22-25-45(26-23-42)67(5)41-54-60-51-21-12-9-18-48(51)56(62-54)58-28-14-30-66(4)29-13-15-44-40-68(65-63-44)31-32-72-33-34-73-35-36-74-37-38-75(69,70)64-43-24-27-52(53(39-43)71-6)61-55-46-16-7-10-19-49(46)59-50-20-11-8-17-47(50)55/h7-12,16-21,24,27,39-40,42,45,63-65H,13-15,22-23,25-26,28-38,41H2,1-6H3,(H,59,61)(H,58,60,62)/p+1. The number of aromatic nitrogens is 3. The predicted molar refractivity (Wildman–Crippen MR) is 301 cm³/mol. The van der Waals surface area contributed by atoms with Gasteiger partial charge in [0.2, 0.25) is 10.0 Å². The van der Waals surface area contributed by atoms with Crippen LogP contribution >= 0.6 is 0 Å². The van der Waals surface area contributed by atoms with E-state index in [1.165, 1.54) is 31.4 Å². The van der Waals surface area contributed by atoms with Crippen molar-refractivity contribution in [2.45, 2.75) is 78.3 Å². The van der Waals surface area contributed by atoms with Gasteiger partial charge < -0.3 is 34.5 Å². The molecule has 6 aromatic rings. The van der Waals surface area contributed by atoms with Crippen molar-refractivity contribution in [3.05, 3.63) is 109 Å². The van der Waals surface area contributed by atoms with Crippen LogP contribution in [0, 0.1) is 11.3 Å². The average Bonchev–Trinajstić information content (AvgIpc) is 3.86. The van der Waals surface area contributed by atoms with Gasteiger partial charge >= 0.3 is 0 Å². The van der Waals surface area contributed by atoms with E-state index in [-0.39, 0.29) is 19.0 Å². The van der Waals surface area contributed by atoms with Crippen molar-refractivity contribution in [2.75, 3.05) is 108 Å². The van der Waals surface area contributed by atoms with Crippen LogP contribution in [-0.2, 0) is 30.8 Å². The molecule has 0 radical (unpaired) electrons. The Morgan fingerprint density at radius 2 is 1.39 bits per heavy atom. The molecule has 1 fully saturated rings. The second-order valence-electron chi connectivity index (χ2n) is 21.0. The van der Waals surface area contributed by atoms with Crippen LogP contribution in [0.2, 0.25) is 0 Å². The highest BCUT2D eigenvalue weighted by Crippen LogP contribution is 2.40. The molecule has 0 amide bonds. The van der Waals surface area contributed by atoms with Gasteiger partial charge in [-0.1, -0.05) is 74.8 Å². The number of nitrogens with zero attached hydrogens (tertiary/aromatic N) is 6. The number of ether oxygens (including phenoxy) is 4. The van der Waals surface area contributed by atoms with Crippen LogP contribution in [-0.4, -0.2) is 137 Å². The number of para-hydroxylation sites is 3. The zero-order chi connectivity index (χ0) is 52.6. The molecule has 1 aliphatic heterocycles. The highest BCUT2D eigenvalue weighted by atomic mass is 32.2. The van der Waals surface area contributed by atoms with Crippen molar-refractivity contribution >= 4 is 65.6 Å². The molecule has 6 N–H and O–H groups in total. The van der Waals surface area contributed by atoms with E-state index >= 15 is 0 Å². The Kier molecular flexibility index (Phi) is 19.9. The van der Waals surface area contributed by atoms with Crippen molar-refractivity contribution in [1.82, 2.24) is 35.3 Å². The maximum atomic E-state index is 12.9. The number of hydrazine groups is 1. The Morgan fingerprint density at radius 1 is 0.760 bits per heavy atom. The summed E-state index contributed by atoms with van der Waals surface area (Å²) >= 11 is 0. The van der Waals surface area contributed by atoms with E-state index < -0.39 is 10.0 Å². The number of hydrogen-bond donors (Lipinski definition) is 5. The molecule has 1 aliphatic carbocycles. The van der Waals surface area contributed by atoms with Gasteiger partial charge in [-0.3, -0.25) is 14.6 Å². The van der Waals surface area contributed by atoms with Crippen LogP contribution in [0.15, 0.2) is 103 Å². The summed E-state index contributed by atoms with van der Waals surface area (Å²) in [6, 6.07) is 30.0. The lowest BCUT2D eigenvalue weighted by Crippen LogP contribution is -2.90. The molecule has 0 bridgehead atoms. The minimum atomic E-state index is -3.68. The lowest BCUT2D eigenvalue weighted by molar-refractivity contribution is -0.678. The summed E-state index contributed by atoms with van der Waals surface area (Å²) in [6.45, 7) is 13.6. The van der Waals surface area contributed by atoms with Crippen molar-refractivity contribution in [3.8, 4) is 5.75 Å². The maximum absolute atomic E-state index is 12.9. The first-order valence-corrected chi connectivity index (χ1v) is 28.4. The highest BCUT2D eigenvalue weighted by Gasteiger charge is 2.31. The fourth-order valence-corrected chi connectivity index (χ4v) is 11.0. The van der Waals surface area contributed by atoms with Gasteiger partial charge in [-0.15, -0.1) is 0 Å². The molecule has 3 heterocycles. The smallest absolute Gasteiger partial charge is 0.235 e. The van der Waals surface area contributed by atoms with Crippen LogP contribution in [0.5, 0.6) is 5.75 Å². The normalized spacial score (nSPS) is 16.4. The Hall–Kier alpha value is -5.70. The van der Waals surface area contributed by atoms with E-state index in [1.807, 2.05) is 48.5 Å². The number of rotatable bonds is 29. The lowest BCUT2D eigenvalue weighted by Gasteiger charge is -2.39. The molecule has 0 spiro atoms. The van der Waals surface area contributed by atoms with Gasteiger partial charge in [0.15, 0.2) is 0 Å². The Morgan fingerprint density at radius 3 is 2.07 bits per heavy atom. The van der Waals surface area contributed by atoms with Crippen LogP contribution < -0.4 is 31.1 Å². The van der Waals surface area contributed by atoms with Crippen LogP contribution in [0.25, 0.3) is 32.7 Å². The molecular weight excluding hydrogens is 967 g/mol. The van der Waals surface area contributed by atoms with E-state index in [9.17, 15) is 8.42 Å². The number of benzene rings is 4. The summed E-state index contributed by atoms with van der Waals surface area (Å²) in [6.07, 6.45) is 10.3. The first kappa shape index (κ1) is 55.5. The lowest BCUT2D eigenvalue weighted by atomic mass is 9.71. The van der Waals surface area contributed by atoms with Crippen LogP contribution in [0.3, 0.4) is 0 Å². The third-order valence-electron chi connectivity index (χ3n) is 14.4. The zero-order valence-corrected chi connectivity index (χ0v) is 45.8. The monoisotopic (exact) mass is 1050 g/mol. The van der Waals surface area contributed by atoms with Gasteiger partial charge in [0.1, 0.15) is 23.1 Å². The third-order valence-corrected chi connectivity index (χ3v) is 15.6. The number of methoxy groups -OCH3 is 1. The van der Waals surface area contributed by atoms with Crippen molar-refractivity contribution < 1.29 is 32.8 Å². The zero-order valence-electron chi connectivity index (χ0n) is 44.9. The summed E-state index contributed by atoms with van der Waals surface area (Å²) in [5.74, 6) is 2.91. The van der Waals surface area contributed by atoms with E-state index in [0.717, 1.165) is 101 Å². The predicted octanol–water partition coefficient (Wildman–Crippen LogP) is 8.27. The largest absolute Gasteiger partial charge is 0.494 e. The van der Waals surface area contributed by atoms with E-state index in [4.69, 9.17) is 33.9 Å². The molecule has 8 rings (SSSR count). The topological polar surface area (TPSA) is 184 Å². The number of nitrogens with one attached hydrogen (secondary N) is 4. The van der Waals surface area contributed by atoms with Crippen molar-refractivity contribution in [1.29, 1.82) is 0 Å². The van der Waals surface area contributed by atoms with Crippen LogP contribution in [0.4, 0.5) is 22.9 Å². The molecule has 4 aromatic carbocycles. The minimum absolute atomic E-state index is 0.0277.